The Kier molecular flexibility index (Phi) is 1.47. The normalized spacial score (nSPS) is 10.6. The lowest BCUT2D eigenvalue weighted by molar-refractivity contribution is 1.36. The van der Waals surface area contributed by atoms with Crippen LogP contribution in [0.5, 0.6) is 0 Å². The second kappa shape index (κ2) is 2.31. The van der Waals surface area contributed by atoms with Crippen molar-refractivity contribution in [3.63, 3.8) is 0 Å². The summed E-state index contributed by atoms with van der Waals surface area (Å²) < 4.78 is 0. The van der Waals surface area contributed by atoms with Crippen LogP contribution in [0.2, 0.25) is 0 Å². The lowest BCUT2D eigenvalue weighted by Gasteiger charge is -1.77. The summed E-state index contributed by atoms with van der Waals surface area (Å²) in [5.41, 5.74) is 1.05. The number of nitrogens with one attached hydrogen (secondary N) is 1. The van der Waals surface area contributed by atoms with E-state index in [1.807, 2.05) is 18.3 Å². The van der Waals surface area contributed by atoms with E-state index in [1.165, 1.54) is 0 Å². The van der Waals surface area contributed by atoms with Crippen LogP contribution in [0.25, 0.3) is 0 Å². The zero-order chi connectivity index (χ0) is 5.82. The average Bonchev–Trinajstić information content (AvgIpc) is 2.19. The maximum absolute atomic E-state index is 3.82. The Morgan fingerprint density at radius 3 is 3.12 bits per heavy atom. The van der Waals surface area contributed by atoms with Crippen molar-refractivity contribution in [2.75, 3.05) is 7.05 Å². The van der Waals surface area contributed by atoms with E-state index in [0.717, 1.165) is 5.69 Å². The summed E-state index contributed by atoms with van der Waals surface area (Å²) in [6.07, 6.45) is 3.65. The van der Waals surface area contributed by atoms with E-state index in [9.17, 15) is 0 Å². The van der Waals surface area contributed by atoms with Gasteiger partial charge in [0.1, 0.15) is 0 Å². The average molecular weight is 108 g/mol. The summed E-state index contributed by atoms with van der Waals surface area (Å²) in [5.74, 6) is 0. The molecule has 42 valence electrons. The lowest BCUT2D eigenvalue weighted by atomic mass is 10.5. The molecule has 2 heteroatoms. The summed E-state index contributed by atoms with van der Waals surface area (Å²) in [5, 5.41) is 0. The third-order valence-corrected chi connectivity index (χ3v) is 0.890. The van der Waals surface area contributed by atoms with Crippen molar-refractivity contribution in [1.82, 2.24) is 4.98 Å². The number of aromatic nitrogens is 1. The van der Waals surface area contributed by atoms with Gasteiger partial charge in [0.2, 0.25) is 0 Å². The molecule has 1 N–H and O–H groups in total. The Morgan fingerprint density at radius 1 is 1.75 bits per heavy atom. The van der Waals surface area contributed by atoms with Crippen LogP contribution in [0, 0.1) is 0 Å². The summed E-state index contributed by atoms with van der Waals surface area (Å²) >= 11 is 0. The fraction of sp³-hybridized carbons (Fsp3) is 0.167. The van der Waals surface area contributed by atoms with Gasteiger partial charge < -0.3 is 4.98 Å². The summed E-state index contributed by atoms with van der Waals surface area (Å²) in [6, 6.07) is 3.91. The number of H-pyrrole nitrogens is 1. The Morgan fingerprint density at radius 2 is 2.62 bits per heavy atom. The molecule has 1 aromatic rings. The Labute approximate surface area is 48.3 Å². The maximum atomic E-state index is 3.82. The number of aromatic amines is 1. The van der Waals surface area contributed by atoms with Gasteiger partial charge in [-0.25, -0.2) is 0 Å². The van der Waals surface area contributed by atoms with E-state index in [2.05, 4.69) is 9.98 Å². The fourth-order valence-electron chi connectivity index (χ4n) is 0.564. The van der Waals surface area contributed by atoms with E-state index in [0.29, 0.717) is 0 Å². The fourth-order valence-corrected chi connectivity index (χ4v) is 0.564. The highest BCUT2D eigenvalue weighted by Crippen LogP contribution is 1.87. The van der Waals surface area contributed by atoms with E-state index in [1.54, 1.807) is 13.3 Å². The second-order valence-corrected chi connectivity index (χ2v) is 1.51. The van der Waals surface area contributed by atoms with Crippen LogP contribution in [-0.2, 0) is 0 Å². The summed E-state index contributed by atoms with van der Waals surface area (Å²) in [7, 11) is 1.75. The van der Waals surface area contributed by atoms with Gasteiger partial charge in [0.05, 0.1) is 5.69 Å². The molecule has 0 spiro atoms. The number of aliphatic imine (C=N–C) groups is 1. The quantitative estimate of drug-likeness (QED) is 0.521. The number of nitrogens with zero attached hydrogens (tertiary/aromatic N) is 1. The minimum atomic E-state index is 1.05. The van der Waals surface area contributed by atoms with Gasteiger partial charge in [-0.05, 0) is 12.1 Å². The van der Waals surface area contributed by atoms with Crippen LogP contribution in [0.4, 0.5) is 0 Å². The zero-order valence-corrected chi connectivity index (χ0v) is 4.76. The molecule has 0 fully saturated rings. The monoisotopic (exact) mass is 108 g/mol. The number of hydrogen-bond donors (Lipinski definition) is 1. The highest BCUT2D eigenvalue weighted by Gasteiger charge is 1.79. The van der Waals surface area contributed by atoms with Gasteiger partial charge in [0, 0.05) is 19.5 Å². The molecule has 0 radical (unpaired) electrons. The number of hydrogen-bond acceptors (Lipinski definition) is 1. The molecule has 0 aromatic carbocycles. The molecule has 0 aliphatic carbocycles. The molecule has 0 atom stereocenters. The van der Waals surface area contributed by atoms with Gasteiger partial charge in [-0.1, -0.05) is 0 Å². The molecule has 0 amide bonds. The van der Waals surface area contributed by atoms with Crippen molar-refractivity contribution in [3.8, 4) is 0 Å². The molecule has 0 aliphatic heterocycles. The molecule has 0 unspecified atom stereocenters. The first-order valence-electron chi connectivity index (χ1n) is 2.49. The van der Waals surface area contributed by atoms with Crippen molar-refractivity contribution in [1.29, 1.82) is 0 Å². The highest BCUT2D eigenvalue weighted by molar-refractivity contribution is 5.76. The van der Waals surface area contributed by atoms with Crippen molar-refractivity contribution >= 4 is 6.21 Å². The van der Waals surface area contributed by atoms with E-state index < -0.39 is 0 Å². The van der Waals surface area contributed by atoms with Gasteiger partial charge in [-0.2, -0.15) is 0 Å². The van der Waals surface area contributed by atoms with E-state index in [-0.39, 0.29) is 0 Å². The maximum Gasteiger partial charge on any atom is 0.0561 e. The van der Waals surface area contributed by atoms with Crippen molar-refractivity contribution in [3.05, 3.63) is 24.0 Å². The first-order valence-corrected chi connectivity index (χ1v) is 2.49. The van der Waals surface area contributed by atoms with Crippen molar-refractivity contribution in [2.45, 2.75) is 0 Å². The van der Waals surface area contributed by atoms with Crippen LogP contribution in [-0.4, -0.2) is 18.2 Å². The van der Waals surface area contributed by atoms with Gasteiger partial charge in [-0.15, -0.1) is 0 Å². The molecular formula is C6H8N2. The van der Waals surface area contributed by atoms with Crippen LogP contribution >= 0.6 is 0 Å². The topological polar surface area (TPSA) is 28.1 Å². The van der Waals surface area contributed by atoms with E-state index >= 15 is 0 Å². The second-order valence-electron chi connectivity index (χ2n) is 1.51. The van der Waals surface area contributed by atoms with Gasteiger partial charge in [0.15, 0.2) is 0 Å². The first kappa shape index (κ1) is 5.09. The van der Waals surface area contributed by atoms with Crippen LogP contribution in [0.1, 0.15) is 5.69 Å². The molecule has 0 bridgehead atoms. The van der Waals surface area contributed by atoms with Gasteiger partial charge in [0.25, 0.3) is 0 Å². The lowest BCUT2D eigenvalue weighted by Crippen LogP contribution is -1.75. The largest absolute Gasteiger partial charge is 0.360 e. The molecule has 1 aromatic heterocycles. The van der Waals surface area contributed by atoms with Crippen LogP contribution < -0.4 is 0 Å². The minimum absolute atomic E-state index is 1.05. The predicted molar refractivity (Wildman–Crippen MR) is 34.3 cm³/mol. The molecular weight excluding hydrogens is 100 g/mol. The molecule has 1 heterocycles. The molecule has 0 aliphatic rings. The Bertz CT molecular complexity index is 163. The van der Waals surface area contributed by atoms with E-state index in [4.69, 9.17) is 0 Å². The zero-order valence-electron chi connectivity index (χ0n) is 4.76. The van der Waals surface area contributed by atoms with Crippen molar-refractivity contribution in [2.24, 2.45) is 4.99 Å². The van der Waals surface area contributed by atoms with Crippen LogP contribution in [0.15, 0.2) is 23.3 Å². The smallest absolute Gasteiger partial charge is 0.0561 e. The van der Waals surface area contributed by atoms with Gasteiger partial charge in [-0.3, -0.25) is 4.99 Å². The highest BCUT2D eigenvalue weighted by atomic mass is 14.7. The molecule has 0 saturated carbocycles. The third kappa shape index (κ3) is 0.964. The molecule has 1 rings (SSSR count). The molecule has 8 heavy (non-hydrogen) atoms. The standard InChI is InChI=1S/C6H8N2/c1-7-5-6-3-2-4-8-6/h2-5,8H,1H3. The molecule has 2 nitrogen and oxygen atoms in total. The van der Waals surface area contributed by atoms with Gasteiger partial charge >= 0.3 is 0 Å². The number of rotatable bonds is 1. The summed E-state index contributed by atoms with van der Waals surface area (Å²) in [4.78, 5) is 6.81. The summed E-state index contributed by atoms with van der Waals surface area (Å²) in [6.45, 7) is 0. The Hall–Kier alpha value is -1.05. The van der Waals surface area contributed by atoms with Crippen LogP contribution in [0.3, 0.4) is 0 Å². The minimum Gasteiger partial charge on any atom is -0.360 e. The first-order chi connectivity index (χ1) is 3.93. The Balaban J connectivity index is 2.77. The van der Waals surface area contributed by atoms with Crippen molar-refractivity contribution < 1.29 is 0 Å². The predicted octanol–water partition coefficient (Wildman–Crippen LogP) is 1.06. The molecule has 0 saturated heterocycles. The third-order valence-electron chi connectivity index (χ3n) is 0.890. The SMILES string of the molecule is CN=Cc1ccc[nH]1.